The molecular weight excluding hydrogens is 370 g/mol. The molecule has 0 unspecified atom stereocenters. The average Bonchev–Trinajstić information content (AvgIpc) is 2.62. The Bertz CT molecular complexity index is 759. The van der Waals surface area contributed by atoms with Gasteiger partial charge in [-0.15, -0.1) is 11.8 Å². The lowest BCUT2D eigenvalue weighted by molar-refractivity contribution is -0.120. The SMILES string of the molecule is CN(C)S(=O)(=O)c1ccc2c(c1)N(CC(=O)NC1CCCCC1)CCS2. The fourth-order valence-electron chi connectivity index (χ4n) is 3.48. The van der Waals surface area contributed by atoms with E-state index in [1.54, 1.807) is 23.9 Å². The number of carbonyl (C=O) groups excluding carboxylic acids is 1. The number of hydrogen-bond acceptors (Lipinski definition) is 5. The zero-order chi connectivity index (χ0) is 18.7. The minimum absolute atomic E-state index is 0.0237. The van der Waals surface area contributed by atoms with Crippen molar-refractivity contribution in [3.63, 3.8) is 0 Å². The molecule has 0 saturated heterocycles. The van der Waals surface area contributed by atoms with Crippen molar-refractivity contribution in [1.82, 2.24) is 9.62 Å². The monoisotopic (exact) mass is 397 g/mol. The van der Waals surface area contributed by atoms with E-state index in [1.807, 2.05) is 11.0 Å². The first-order chi connectivity index (χ1) is 12.4. The summed E-state index contributed by atoms with van der Waals surface area (Å²) in [4.78, 5) is 15.8. The number of hydrogen-bond donors (Lipinski definition) is 1. The zero-order valence-corrected chi connectivity index (χ0v) is 17.0. The number of nitrogens with zero attached hydrogens (tertiary/aromatic N) is 2. The molecule has 1 aliphatic heterocycles. The van der Waals surface area contributed by atoms with Crippen LogP contribution in [0.5, 0.6) is 0 Å². The van der Waals surface area contributed by atoms with E-state index in [9.17, 15) is 13.2 Å². The van der Waals surface area contributed by atoms with Crippen LogP contribution in [0.1, 0.15) is 32.1 Å². The third-order valence-corrected chi connectivity index (χ3v) is 7.83. The summed E-state index contributed by atoms with van der Waals surface area (Å²) >= 11 is 1.70. The lowest BCUT2D eigenvalue weighted by atomic mass is 9.95. The van der Waals surface area contributed by atoms with E-state index in [4.69, 9.17) is 0 Å². The van der Waals surface area contributed by atoms with Crippen molar-refractivity contribution in [2.75, 3.05) is 37.8 Å². The Hall–Kier alpha value is -1.25. The quantitative estimate of drug-likeness (QED) is 0.826. The summed E-state index contributed by atoms with van der Waals surface area (Å²) in [6, 6.07) is 5.48. The fourth-order valence-corrected chi connectivity index (χ4v) is 5.44. The maximum atomic E-state index is 12.5. The number of thioether (sulfide) groups is 1. The molecule has 2 aliphatic rings. The van der Waals surface area contributed by atoms with Crippen molar-refractivity contribution in [3.8, 4) is 0 Å². The maximum absolute atomic E-state index is 12.5. The Kier molecular flexibility index (Phi) is 6.14. The van der Waals surface area contributed by atoms with Gasteiger partial charge in [0.2, 0.25) is 15.9 Å². The first-order valence-electron chi connectivity index (χ1n) is 9.11. The molecule has 0 bridgehead atoms. The third kappa shape index (κ3) is 4.35. The van der Waals surface area contributed by atoms with Crippen LogP contribution < -0.4 is 10.2 Å². The van der Waals surface area contributed by atoms with E-state index >= 15 is 0 Å². The van der Waals surface area contributed by atoms with Gasteiger partial charge in [0.05, 0.1) is 17.1 Å². The van der Waals surface area contributed by atoms with Gasteiger partial charge in [-0.05, 0) is 31.0 Å². The average molecular weight is 398 g/mol. The topological polar surface area (TPSA) is 69.7 Å². The van der Waals surface area contributed by atoms with Crippen molar-refractivity contribution in [1.29, 1.82) is 0 Å². The summed E-state index contributed by atoms with van der Waals surface area (Å²) in [5.74, 6) is 0.916. The summed E-state index contributed by atoms with van der Waals surface area (Å²) in [7, 11) is -0.435. The Morgan fingerprint density at radius 2 is 2.00 bits per heavy atom. The van der Waals surface area contributed by atoms with Gasteiger partial charge < -0.3 is 10.2 Å². The van der Waals surface area contributed by atoms with Crippen LogP contribution in [0.15, 0.2) is 28.0 Å². The van der Waals surface area contributed by atoms with Crippen LogP contribution in [0, 0.1) is 0 Å². The van der Waals surface area contributed by atoms with Gasteiger partial charge in [-0.3, -0.25) is 4.79 Å². The number of anilines is 1. The largest absolute Gasteiger partial charge is 0.360 e. The third-order valence-electron chi connectivity index (χ3n) is 4.97. The van der Waals surface area contributed by atoms with E-state index in [-0.39, 0.29) is 23.4 Å². The van der Waals surface area contributed by atoms with Crippen LogP contribution in [-0.2, 0) is 14.8 Å². The predicted octanol–water partition coefficient (Wildman–Crippen LogP) is 2.30. The Morgan fingerprint density at radius 1 is 1.27 bits per heavy atom. The molecule has 6 nitrogen and oxygen atoms in total. The van der Waals surface area contributed by atoms with Gasteiger partial charge in [0.25, 0.3) is 0 Å². The summed E-state index contributed by atoms with van der Waals surface area (Å²) < 4.78 is 26.1. The molecule has 1 saturated carbocycles. The second-order valence-electron chi connectivity index (χ2n) is 7.09. The molecule has 1 N–H and O–H groups in total. The van der Waals surface area contributed by atoms with Crippen LogP contribution in [-0.4, -0.2) is 57.6 Å². The minimum atomic E-state index is -3.49. The van der Waals surface area contributed by atoms with Crippen molar-refractivity contribution >= 4 is 33.4 Å². The summed E-state index contributed by atoms with van der Waals surface area (Å²) in [5.41, 5.74) is 0.836. The molecule has 0 spiro atoms. The van der Waals surface area contributed by atoms with Gasteiger partial charge in [0.1, 0.15) is 0 Å². The van der Waals surface area contributed by atoms with E-state index < -0.39 is 10.0 Å². The minimum Gasteiger partial charge on any atom is -0.360 e. The number of benzene rings is 1. The van der Waals surface area contributed by atoms with E-state index in [0.29, 0.717) is 0 Å². The molecule has 0 atom stereocenters. The van der Waals surface area contributed by atoms with E-state index in [0.717, 1.165) is 35.7 Å². The van der Waals surface area contributed by atoms with Gasteiger partial charge in [-0.25, -0.2) is 12.7 Å². The van der Waals surface area contributed by atoms with Gasteiger partial charge in [0, 0.05) is 37.3 Å². The van der Waals surface area contributed by atoms with Crippen LogP contribution in [0.4, 0.5) is 5.69 Å². The Labute approximate surface area is 160 Å². The molecule has 1 heterocycles. The first-order valence-corrected chi connectivity index (χ1v) is 11.5. The number of amides is 1. The smallest absolute Gasteiger partial charge is 0.242 e. The van der Waals surface area contributed by atoms with Gasteiger partial charge in [0.15, 0.2) is 0 Å². The highest BCUT2D eigenvalue weighted by atomic mass is 32.2. The van der Waals surface area contributed by atoms with Gasteiger partial charge in [-0.1, -0.05) is 19.3 Å². The molecule has 0 aromatic heterocycles. The standard InChI is InChI=1S/C18H27N3O3S2/c1-20(2)26(23,24)15-8-9-17-16(12-15)21(10-11-25-17)13-18(22)19-14-6-4-3-5-7-14/h8-9,12,14H,3-7,10-11,13H2,1-2H3,(H,19,22). The van der Waals surface area contributed by atoms with E-state index in [1.165, 1.54) is 37.7 Å². The Morgan fingerprint density at radius 3 is 2.69 bits per heavy atom. The molecule has 0 radical (unpaired) electrons. The first kappa shape index (κ1) is 19.5. The normalized spacial score (nSPS) is 18.7. The second kappa shape index (κ2) is 8.19. The molecule has 144 valence electrons. The Balaban J connectivity index is 1.75. The number of nitrogens with one attached hydrogen (secondary N) is 1. The molecule has 1 aliphatic carbocycles. The predicted molar refractivity (Wildman–Crippen MR) is 105 cm³/mol. The number of carbonyl (C=O) groups is 1. The molecule has 1 amide bonds. The fraction of sp³-hybridized carbons (Fsp3) is 0.611. The lowest BCUT2D eigenvalue weighted by Crippen LogP contribution is -2.44. The van der Waals surface area contributed by atoms with Crippen LogP contribution in [0.3, 0.4) is 0 Å². The highest BCUT2D eigenvalue weighted by Crippen LogP contribution is 2.36. The number of rotatable bonds is 5. The zero-order valence-electron chi connectivity index (χ0n) is 15.4. The van der Waals surface area contributed by atoms with Crippen molar-refractivity contribution < 1.29 is 13.2 Å². The van der Waals surface area contributed by atoms with E-state index in [2.05, 4.69) is 5.32 Å². The van der Waals surface area contributed by atoms with Gasteiger partial charge in [-0.2, -0.15) is 0 Å². The maximum Gasteiger partial charge on any atom is 0.242 e. The van der Waals surface area contributed by atoms with Crippen LogP contribution >= 0.6 is 11.8 Å². The van der Waals surface area contributed by atoms with Crippen molar-refractivity contribution in [2.45, 2.75) is 47.9 Å². The molecule has 1 fully saturated rings. The molecule has 1 aromatic rings. The highest BCUT2D eigenvalue weighted by molar-refractivity contribution is 7.99. The van der Waals surface area contributed by atoms with Gasteiger partial charge >= 0.3 is 0 Å². The van der Waals surface area contributed by atoms with Crippen molar-refractivity contribution in [3.05, 3.63) is 18.2 Å². The number of sulfonamides is 1. The molecule has 8 heteroatoms. The molecular formula is C18H27N3O3S2. The lowest BCUT2D eigenvalue weighted by Gasteiger charge is -2.32. The summed E-state index contributed by atoms with van der Waals surface area (Å²) in [5, 5.41) is 3.15. The van der Waals surface area contributed by atoms with Crippen molar-refractivity contribution in [2.24, 2.45) is 0 Å². The van der Waals surface area contributed by atoms with Crippen LogP contribution in [0.25, 0.3) is 0 Å². The molecule has 1 aromatic carbocycles. The molecule has 3 rings (SSSR count). The second-order valence-corrected chi connectivity index (χ2v) is 10.4. The number of fused-ring (bicyclic) bond motifs is 1. The summed E-state index contributed by atoms with van der Waals surface area (Å²) in [6.45, 7) is 1.01. The highest BCUT2D eigenvalue weighted by Gasteiger charge is 2.25. The molecule has 26 heavy (non-hydrogen) atoms. The van der Waals surface area contributed by atoms with Crippen LogP contribution in [0.2, 0.25) is 0 Å². The summed E-state index contributed by atoms with van der Waals surface area (Å²) in [6.07, 6.45) is 5.73.